The zero-order valence-corrected chi connectivity index (χ0v) is 18.8. The summed E-state index contributed by atoms with van der Waals surface area (Å²) in [5.41, 5.74) is 1.66. The number of benzene rings is 2. The molecular weight excluding hydrogens is 432 g/mol. The minimum absolute atomic E-state index is 0.0195. The number of anilines is 1. The van der Waals surface area contributed by atoms with Crippen LogP contribution >= 0.6 is 0 Å². The van der Waals surface area contributed by atoms with Crippen LogP contribution in [0.25, 0.3) is 0 Å². The van der Waals surface area contributed by atoms with Gasteiger partial charge in [0.05, 0.1) is 29.4 Å². The predicted octanol–water partition coefficient (Wildman–Crippen LogP) is 2.42. The molecule has 32 heavy (non-hydrogen) atoms. The predicted molar refractivity (Wildman–Crippen MR) is 121 cm³/mol. The van der Waals surface area contributed by atoms with Crippen molar-refractivity contribution in [3.05, 3.63) is 65.9 Å². The van der Waals surface area contributed by atoms with Crippen LogP contribution in [-0.2, 0) is 24.3 Å². The summed E-state index contributed by atoms with van der Waals surface area (Å²) in [6.45, 7) is 3.01. The molecule has 0 saturated carbocycles. The number of esters is 1. The molecule has 2 aromatic carbocycles. The molecule has 0 spiro atoms. The summed E-state index contributed by atoms with van der Waals surface area (Å²) < 4.78 is 31.5. The van der Waals surface area contributed by atoms with Gasteiger partial charge in [-0.1, -0.05) is 30.3 Å². The molecule has 0 bridgehead atoms. The van der Waals surface area contributed by atoms with Gasteiger partial charge in [-0.15, -0.1) is 0 Å². The number of amides is 1. The van der Waals surface area contributed by atoms with Crippen molar-refractivity contribution < 1.29 is 22.7 Å². The molecule has 1 aliphatic heterocycles. The summed E-state index contributed by atoms with van der Waals surface area (Å²) in [5.74, 6) is -1.33. The van der Waals surface area contributed by atoms with Gasteiger partial charge in [-0.2, -0.15) is 4.31 Å². The largest absolute Gasteiger partial charge is 0.462 e. The normalized spacial score (nSPS) is 13.6. The molecule has 0 aliphatic carbocycles. The van der Waals surface area contributed by atoms with Gasteiger partial charge in [-0.05, 0) is 38.1 Å². The highest BCUT2D eigenvalue weighted by molar-refractivity contribution is 7.89. The average molecular weight is 457 g/mol. The number of allylic oxidation sites excluding steroid dienone is 1. The van der Waals surface area contributed by atoms with Crippen LogP contribution in [0.4, 0.5) is 11.4 Å². The number of carbonyl (C=O) groups excluding carboxylic acids is 2. The van der Waals surface area contributed by atoms with Crippen molar-refractivity contribution in [1.82, 2.24) is 9.62 Å². The van der Waals surface area contributed by atoms with Crippen molar-refractivity contribution in [1.29, 1.82) is 0 Å². The van der Waals surface area contributed by atoms with Crippen molar-refractivity contribution in [2.75, 3.05) is 25.5 Å². The summed E-state index contributed by atoms with van der Waals surface area (Å²) in [4.78, 5) is 29.9. The van der Waals surface area contributed by atoms with E-state index in [1.165, 1.54) is 19.2 Å². The van der Waals surface area contributed by atoms with Gasteiger partial charge < -0.3 is 15.4 Å². The van der Waals surface area contributed by atoms with Crippen molar-refractivity contribution in [3.63, 3.8) is 0 Å². The van der Waals surface area contributed by atoms with E-state index in [9.17, 15) is 18.0 Å². The summed E-state index contributed by atoms with van der Waals surface area (Å²) >= 11 is 0. The van der Waals surface area contributed by atoms with Crippen LogP contribution in [0, 0.1) is 0 Å². The van der Waals surface area contributed by atoms with Gasteiger partial charge in [0.15, 0.2) is 0 Å². The zero-order valence-electron chi connectivity index (χ0n) is 18.0. The fourth-order valence-electron chi connectivity index (χ4n) is 3.07. The number of nitrogens with zero attached hydrogens (tertiary/aromatic N) is 2. The molecule has 0 aromatic heterocycles. The molecule has 0 atom stereocenters. The molecule has 10 heteroatoms. The number of para-hydroxylation sites is 2. The first-order valence-corrected chi connectivity index (χ1v) is 11.3. The average Bonchev–Trinajstić information content (AvgIpc) is 2.89. The number of amidine groups is 1. The molecule has 0 saturated heterocycles. The lowest BCUT2D eigenvalue weighted by atomic mass is 10.2. The number of likely N-dealkylation sites (N-methyl/N-ethyl adjacent to an activating group) is 1. The van der Waals surface area contributed by atoms with Gasteiger partial charge in [0, 0.05) is 12.7 Å². The fraction of sp³-hybridized carbons (Fsp3) is 0.227. The maximum absolute atomic E-state index is 12.8. The van der Waals surface area contributed by atoms with Crippen LogP contribution in [0.3, 0.4) is 0 Å². The number of hydrogen-bond acceptors (Lipinski definition) is 7. The summed E-state index contributed by atoms with van der Waals surface area (Å²) in [5, 5.41) is 5.69. The van der Waals surface area contributed by atoms with E-state index in [1.807, 2.05) is 6.07 Å². The summed E-state index contributed by atoms with van der Waals surface area (Å²) in [7, 11) is -2.56. The van der Waals surface area contributed by atoms with Crippen molar-refractivity contribution in [2.24, 2.45) is 4.99 Å². The van der Waals surface area contributed by atoms with E-state index in [0.717, 1.165) is 4.31 Å². The van der Waals surface area contributed by atoms with Crippen LogP contribution in [-0.4, -0.2) is 50.6 Å². The highest BCUT2D eigenvalue weighted by atomic mass is 32.2. The Balaban J connectivity index is 1.88. The van der Waals surface area contributed by atoms with Crippen LogP contribution in [0.1, 0.15) is 13.8 Å². The topological polar surface area (TPSA) is 117 Å². The van der Waals surface area contributed by atoms with Crippen molar-refractivity contribution in [2.45, 2.75) is 18.7 Å². The fourth-order valence-corrected chi connectivity index (χ4v) is 4.22. The lowest BCUT2D eigenvalue weighted by molar-refractivity contribution is -0.137. The third-order valence-electron chi connectivity index (χ3n) is 4.63. The van der Waals surface area contributed by atoms with Gasteiger partial charge >= 0.3 is 5.97 Å². The quantitative estimate of drug-likeness (QED) is 0.645. The first-order valence-electron chi connectivity index (χ1n) is 9.88. The molecule has 3 rings (SSSR count). The first kappa shape index (κ1) is 23.2. The SMILES string of the molecule is CCOC(=O)C1=C(C)Nc2ccccc2N=C1NC(=O)CN(C)S(=O)(=O)c1ccccc1. The number of carbonyl (C=O) groups is 2. The molecule has 1 amide bonds. The van der Waals surface area contributed by atoms with E-state index in [-0.39, 0.29) is 22.9 Å². The van der Waals surface area contributed by atoms with E-state index < -0.39 is 28.4 Å². The van der Waals surface area contributed by atoms with E-state index in [2.05, 4.69) is 15.6 Å². The van der Waals surface area contributed by atoms with Gasteiger partial charge in [0.1, 0.15) is 11.4 Å². The van der Waals surface area contributed by atoms with E-state index in [4.69, 9.17) is 4.74 Å². The van der Waals surface area contributed by atoms with Gasteiger partial charge in [-0.3, -0.25) is 4.79 Å². The second-order valence-electron chi connectivity index (χ2n) is 6.95. The number of aliphatic imine (C=N–C) groups is 1. The zero-order chi connectivity index (χ0) is 23.3. The Morgan fingerprint density at radius 1 is 1.09 bits per heavy atom. The molecule has 0 fully saturated rings. The Labute approximate surface area is 186 Å². The Morgan fingerprint density at radius 2 is 1.75 bits per heavy atom. The highest BCUT2D eigenvalue weighted by Gasteiger charge is 2.28. The minimum Gasteiger partial charge on any atom is -0.462 e. The van der Waals surface area contributed by atoms with Gasteiger partial charge in [0.2, 0.25) is 15.9 Å². The maximum atomic E-state index is 12.8. The third-order valence-corrected chi connectivity index (χ3v) is 6.44. The monoisotopic (exact) mass is 456 g/mol. The third kappa shape index (κ3) is 5.04. The van der Waals surface area contributed by atoms with E-state index in [0.29, 0.717) is 17.1 Å². The minimum atomic E-state index is -3.86. The second-order valence-corrected chi connectivity index (χ2v) is 8.99. The van der Waals surface area contributed by atoms with Crippen LogP contribution in [0.2, 0.25) is 0 Å². The summed E-state index contributed by atoms with van der Waals surface area (Å²) in [6, 6.07) is 14.9. The van der Waals surface area contributed by atoms with Crippen LogP contribution in [0.5, 0.6) is 0 Å². The first-order chi connectivity index (χ1) is 15.2. The molecule has 2 N–H and O–H groups in total. The Bertz CT molecular complexity index is 1190. The number of nitrogens with one attached hydrogen (secondary N) is 2. The number of ether oxygens (including phenoxy) is 1. The Kier molecular flexibility index (Phi) is 7.06. The smallest absolute Gasteiger partial charge is 0.343 e. The molecule has 168 valence electrons. The van der Waals surface area contributed by atoms with E-state index >= 15 is 0 Å². The Hall–Kier alpha value is -3.50. The molecule has 9 nitrogen and oxygen atoms in total. The molecule has 2 aromatic rings. The number of sulfonamides is 1. The van der Waals surface area contributed by atoms with Crippen LogP contribution < -0.4 is 10.6 Å². The molecular formula is C22H24N4O5S. The lowest BCUT2D eigenvalue weighted by Crippen LogP contribution is -2.42. The molecule has 0 radical (unpaired) electrons. The second kappa shape index (κ2) is 9.75. The lowest BCUT2D eigenvalue weighted by Gasteiger charge is -2.18. The number of hydrogen-bond donors (Lipinski definition) is 2. The molecule has 0 unspecified atom stereocenters. The molecule has 1 aliphatic rings. The summed E-state index contributed by atoms with van der Waals surface area (Å²) in [6.07, 6.45) is 0. The Morgan fingerprint density at radius 3 is 2.44 bits per heavy atom. The maximum Gasteiger partial charge on any atom is 0.343 e. The van der Waals surface area contributed by atoms with Crippen molar-refractivity contribution in [3.8, 4) is 0 Å². The number of rotatable bonds is 6. The van der Waals surface area contributed by atoms with Crippen LogP contribution in [0.15, 0.2) is 75.8 Å². The number of fused-ring (bicyclic) bond motifs is 1. The van der Waals surface area contributed by atoms with Crippen molar-refractivity contribution >= 4 is 39.1 Å². The molecule has 1 heterocycles. The highest BCUT2D eigenvalue weighted by Crippen LogP contribution is 2.30. The standard InChI is InChI=1S/C22H24N4O5S/c1-4-31-22(28)20-15(2)23-17-12-8-9-13-18(17)24-21(20)25-19(27)14-26(3)32(29,30)16-10-6-5-7-11-16/h5-13,23H,4,14H2,1-3H3,(H,24,25,27). The van der Waals surface area contributed by atoms with Gasteiger partial charge in [0.25, 0.3) is 0 Å². The van der Waals surface area contributed by atoms with E-state index in [1.54, 1.807) is 50.2 Å². The van der Waals surface area contributed by atoms with Gasteiger partial charge in [-0.25, -0.2) is 18.2 Å².